The predicted octanol–water partition coefficient (Wildman–Crippen LogP) is 3.26. The molecule has 0 aliphatic carbocycles. The van der Waals surface area contributed by atoms with Crippen LogP contribution >= 0.6 is 23.2 Å². The van der Waals surface area contributed by atoms with E-state index in [9.17, 15) is 10.1 Å². The molecule has 0 spiro atoms. The van der Waals surface area contributed by atoms with Crippen molar-refractivity contribution in [2.75, 3.05) is 6.61 Å². The number of nitrogens with zero attached hydrogens (tertiary/aromatic N) is 3. The molecule has 1 N–H and O–H groups in total. The lowest BCUT2D eigenvalue weighted by Gasteiger charge is -2.01. The van der Waals surface area contributed by atoms with Gasteiger partial charge < -0.3 is 15.2 Å². The van der Waals surface area contributed by atoms with Crippen molar-refractivity contribution in [3.05, 3.63) is 55.9 Å². The largest absolute Gasteiger partial charge is 0.392 e. The molecule has 2 aromatic rings. The van der Waals surface area contributed by atoms with Crippen molar-refractivity contribution in [1.82, 2.24) is 9.55 Å². The number of nitro groups is 1. The van der Waals surface area contributed by atoms with Gasteiger partial charge in [-0.2, -0.15) is 0 Å². The number of aliphatic hydroxyl groups is 1. The number of halogens is 2. The van der Waals surface area contributed by atoms with E-state index >= 15 is 0 Å². The molecule has 0 radical (unpaired) electrons. The lowest BCUT2D eigenvalue weighted by Crippen LogP contribution is -2.07. The number of hydrogen-bond acceptors (Lipinski definition) is 4. The van der Waals surface area contributed by atoms with Crippen molar-refractivity contribution in [2.24, 2.45) is 0 Å². The minimum atomic E-state index is -0.546. The van der Waals surface area contributed by atoms with E-state index in [-0.39, 0.29) is 19.0 Å². The van der Waals surface area contributed by atoms with Gasteiger partial charge in [0.1, 0.15) is 12.7 Å². The third kappa shape index (κ3) is 3.60. The summed E-state index contributed by atoms with van der Waals surface area (Å²) >= 11 is 11.9. The molecule has 0 atom stereocenters. The second kappa shape index (κ2) is 6.71. The normalized spacial score (nSPS) is 11.2. The van der Waals surface area contributed by atoms with Gasteiger partial charge in [-0.3, -0.25) is 0 Å². The molecular formula is C13H11Cl2N3O3. The van der Waals surface area contributed by atoms with Crippen molar-refractivity contribution in [2.45, 2.75) is 6.54 Å². The predicted molar refractivity (Wildman–Crippen MR) is 81.4 cm³/mol. The Morgan fingerprint density at radius 1 is 1.38 bits per heavy atom. The summed E-state index contributed by atoms with van der Waals surface area (Å²) < 4.78 is 1.32. The first-order valence-electron chi connectivity index (χ1n) is 5.97. The second-order valence-electron chi connectivity index (χ2n) is 4.11. The summed E-state index contributed by atoms with van der Waals surface area (Å²) in [5.41, 5.74) is 0.710. The quantitative estimate of drug-likeness (QED) is 0.675. The van der Waals surface area contributed by atoms with Crippen LogP contribution in [-0.2, 0) is 6.54 Å². The first-order valence-corrected chi connectivity index (χ1v) is 6.72. The van der Waals surface area contributed by atoms with Crippen LogP contribution in [0.5, 0.6) is 0 Å². The second-order valence-corrected chi connectivity index (χ2v) is 4.95. The van der Waals surface area contributed by atoms with Gasteiger partial charge in [0.15, 0.2) is 0 Å². The highest BCUT2D eigenvalue weighted by atomic mass is 35.5. The third-order valence-electron chi connectivity index (χ3n) is 2.75. The maximum atomic E-state index is 10.9. The van der Waals surface area contributed by atoms with Crippen LogP contribution < -0.4 is 0 Å². The lowest BCUT2D eigenvalue weighted by atomic mass is 10.2. The van der Waals surface area contributed by atoms with E-state index in [1.165, 1.54) is 4.57 Å². The Labute approximate surface area is 130 Å². The molecule has 0 aliphatic rings. The Hall–Kier alpha value is -1.89. The molecule has 0 fully saturated rings. The Kier molecular flexibility index (Phi) is 4.95. The van der Waals surface area contributed by atoms with Crippen molar-refractivity contribution in [1.29, 1.82) is 0 Å². The molecule has 8 heteroatoms. The fraction of sp³-hybridized carbons (Fsp3) is 0.154. The van der Waals surface area contributed by atoms with Gasteiger partial charge in [-0.05, 0) is 28.7 Å². The van der Waals surface area contributed by atoms with Crippen LogP contribution in [0.25, 0.3) is 12.2 Å². The maximum Gasteiger partial charge on any atom is 0.343 e. The highest BCUT2D eigenvalue weighted by molar-refractivity contribution is 6.35. The Bertz CT molecular complexity index is 698. The van der Waals surface area contributed by atoms with E-state index in [0.29, 0.717) is 21.4 Å². The van der Waals surface area contributed by atoms with Gasteiger partial charge in [0, 0.05) is 16.1 Å². The molecule has 0 unspecified atom stereocenters. The van der Waals surface area contributed by atoms with Crippen molar-refractivity contribution >= 4 is 41.2 Å². The zero-order chi connectivity index (χ0) is 15.4. The molecule has 0 amide bonds. The molecule has 2 rings (SSSR count). The van der Waals surface area contributed by atoms with Crippen LogP contribution in [0.4, 0.5) is 5.82 Å². The summed E-state index contributed by atoms with van der Waals surface area (Å²) in [6.07, 6.45) is 4.43. The Morgan fingerprint density at radius 3 is 2.76 bits per heavy atom. The summed E-state index contributed by atoms with van der Waals surface area (Å²) in [5, 5.41) is 20.9. The SMILES string of the molecule is O=[N+]([O-])c1cnc(/C=C/c2ccc(Cl)cc2Cl)n1CCO. The minimum absolute atomic E-state index is 0.0876. The number of aromatic nitrogens is 2. The first-order chi connectivity index (χ1) is 10.0. The molecule has 0 saturated carbocycles. The third-order valence-corrected chi connectivity index (χ3v) is 3.31. The van der Waals surface area contributed by atoms with Gasteiger partial charge in [-0.15, -0.1) is 0 Å². The van der Waals surface area contributed by atoms with Crippen LogP contribution in [0.1, 0.15) is 11.4 Å². The average molecular weight is 328 g/mol. The average Bonchev–Trinajstić information content (AvgIpc) is 2.81. The Balaban J connectivity index is 2.34. The van der Waals surface area contributed by atoms with Crippen molar-refractivity contribution < 1.29 is 10.0 Å². The molecule has 6 nitrogen and oxygen atoms in total. The minimum Gasteiger partial charge on any atom is -0.392 e. The monoisotopic (exact) mass is 327 g/mol. The first kappa shape index (κ1) is 15.5. The fourth-order valence-corrected chi connectivity index (χ4v) is 2.26. The van der Waals surface area contributed by atoms with Crippen LogP contribution in [0.15, 0.2) is 24.4 Å². The summed E-state index contributed by atoms with van der Waals surface area (Å²) in [6.45, 7) is -0.135. The lowest BCUT2D eigenvalue weighted by molar-refractivity contribution is -0.392. The van der Waals surface area contributed by atoms with Gasteiger partial charge in [0.05, 0.1) is 6.61 Å². The number of aliphatic hydroxyl groups excluding tert-OH is 1. The molecule has 0 saturated heterocycles. The fourth-order valence-electron chi connectivity index (χ4n) is 1.79. The van der Waals surface area contributed by atoms with E-state index in [1.54, 1.807) is 30.4 Å². The standard InChI is InChI=1S/C13H11Cl2N3O3/c14-10-3-1-9(11(15)7-10)2-4-12-16-8-13(18(20)21)17(12)5-6-19/h1-4,7-8,19H,5-6H2/b4-2+. The molecule has 110 valence electrons. The van der Waals surface area contributed by atoms with Crippen LogP contribution in [0.3, 0.4) is 0 Å². The highest BCUT2D eigenvalue weighted by Crippen LogP contribution is 2.23. The van der Waals surface area contributed by atoms with E-state index in [0.717, 1.165) is 6.20 Å². The van der Waals surface area contributed by atoms with Crippen molar-refractivity contribution in [3.63, 3.8) is 0 Å². The van der Waals surface area contributed by atoms with E-state index in [4.69, 9.17) is 28.3 Å². The molecule has 1 aromatic heterocycles. The van der Waals surface area contributed by atoms with Gasteiger partial charge >= 0.3 is 5.82 Å². The smallest absolute Gasteiger partial charge is 0.343 e. The van der Waals surface area contributed by atoms with E-state index in [1.807, 2.05) is 0 Å². The molecular weight excluding hydrogens is 317 g/mol. The number of hydrogen-bond donors (Lipinski definition) is 1. The van der Waals surface area contributed by atoms with Crippen LogP contribution in [0.2, 0.25) is 10.0 Å². The number of benzene rings is 1. The summed E-state index contributed by atoms with van der Waals surface area (Å²) in [6, 6.07) is 5.02. The van der Waals surface area contributed by atoms with Gasteiger partial charge in [0.2, 0.25) is 5.82 Å². The Morgan fingerprint density at radius 2 is 2.14 bits per heavy atom. The highest BCUT2D eigenvalue weighted by Gasteiger charge is 2.17. The van der Waals surface area contributed by atoms with Crippen LogP contribution in [0, 0.1) is 10.1 Å². The summed E-state index contributed by atoms with van der Waals surface area (Å²) in [7, 11) is 0. The summed E-state index contributed by atoms with van der Waals surface area (Å²) in [5.74, 6) is 0.188. The molecule has 1 heterocycles. The number of rotatable bonds is 5. The maximum absolute atomic E-state index is 10.9. The van der Waals surface area contributed by atoms with Crippen molar-refractivity contribution in [3.8, 4) is 0 Å². The summed E-state index contributed by atoms with van der Waals surface area (Å²) in [4.78, 5) is 14.3. The molecule has 21 heavy (non-hydrogen) atoms. The van der Waals surface area contributed by atoms with E-state index < -0.39 is 4.92 Å². The molecule has 0 aliphatic heterocycles. The van der Waals surface area contributed by atoms with Gasteiger partial charge in [0.25, 0.3) is 0 Å². The van der Waals surface area contributed by atoms with Gasteiger partial charge in [-0.1, -0.05) is 29.3 Å². The number of imidazole rings is 1. The zero-order valence-electron chi connectivity index (χ0n) is 10.7. The molecule has 0 bridgehead atoms. The molecule has 1 aromatic carbocycles. The zero-order valence-corrected chi connectivity index (χ0v) is 12.3. The van der Waals surface area contributed by atoms with Crippen LogP contribution in [-0.4, -0.2) is 26.2 Å². The van der Waals surface area contributed by atoms with Gasteiger partial charge in [-0.25, -0.2) is 9.55 Å². The van der Waals surface area contributed by atoms with E-state index in [2.05, 4.69) is 4.98 Å². The topological polar surface area (TPSA) is 81.2 Å².